The quantitative estimate of drug-likeness (QED) is 0.751. The molecular weight excluding hydrogens is 250 g/mol. The van der Waals surface area contributed by atoms with E-state index in [0.717, 1.165) is 38.6 Å². The Bertz CT molecular complexity index is 286. The van der Waals surface area contributed by atoms with Gasteiger partial charge in [-0.2, -0.15) is 0 Å². The summed E-state index contributed by atoms with van der Waals surface area (Å²) in [6.45, 7) is 5.78. The molecule has 3 N–H and O–H groups in total. The van der Waals surface area contributed by atoms with E-state index in [1.54, 1.807) is 0 Å². The third-order valence-electron chi connectivity index (χ3n) is 4.36. The van der Waals surface area contributed by atoms with E-state index in [1.807, 2.05) is 0 Å². The molecule has 0 aromatic rings. The van der Waals surface area contributed by atoms with Gasteiger partial charge in [0.2, 0.25) is 5.91 Å². The van der Waals surface area contributed by atoms with Crippen molar-refractivity contribution in [3.05, 3.63) is 0 Å². The largest absolute Gasteiger partial charge is 0.352 e. The van der Waals surface area contributed by atoms with Gasteiger partial charge < -0.3 is 16.0 Å². The molecule has 0 aromatic carbocycles. The predicted octanol–water partition coefficient (Wildman–Crippen LogP) is 1.99. The molecule has 1 saturated carbocycles. The standard InChI is InChI=1S/C16H33N3O/c1-13(2)10-14(11-19(3)4)18-15(20)16(12-17)8-6-5-7-9-16/h13-14H,5-12,17H2,1-4H3,(H,18,20). The van der Waals surface area contributed by atoms with Crippen LogP contribution in [-0.4, -0.2) is 44.0 Å². The second-order valence-electron chi connectivity index (χ2n) is 7.11. The van der Waals surface area contributed by atoms with E-state index >= 15 is 0 Å². The van der Waals surface area contributed by atoms with E-state index in [0.29, 0.717) is 12.5 Å². The van der Waals surface area contributed by atoms with Crippen LogP contribution in [0, 0.1) is 11.3 Å². The molecule has 4 nitrogen and oxygen atoms in total. The molecule has 0 saturated heterocycles. The van der Waals surface area contributed by atoms with E-state index in [2.05, 4.69) is 38.2 Å². The first-order chi connectivity index (χ1) is 9.39. The molecule has 20 heavy (non-hydrogen) atoms. The lowest BCUT2D eigenvalue weighted by atomic mass is 9.73. The number of likely N-dealkylation sites (N-methyl/N-ethyl adjacent to an activating group) is 1. The maximum atomic E-state index is 12.7. The zero-order chi connectivity index (χ0) is 15.2. The number of carbonyl (C=O) groups excluding carboxylic acids is 1. The van der Waals surface area contributed by atoms with Crippen molar-refractivity contribution in [1.29, 1.82) is 0 Å². The summed E-state index contributed by atoms with van der Waals surface area (Å²) in [5.41, 5.74) is 5.64. The lowest BCUT2D eigenvalue weighted by molar-refractivity contribution is -0.133. The van der Waals surface area contributed by atoms with Crippen molar-refractivity contribution in [2.45, 2.75) is 58.4 Å². The highest BCUT2D eigenvalue weighted by Gasteiger charge is 2.38. The van der Waals surface area contributed by atoms with Crippen LogP contribution in [0.5, 0.6) is 0 Å². The van der Waals surface area contributed by atoms with Crippen molar-refractivity contribution < 1.29 is 4.79 Å². The molecular formula is C16H33N3O. The summed E-state index contributed by atoms with van der Waals surface area (Å²) in [6.07, 6.45) is 6.42. The number of nitrogens with one attached hydrogen (secondary N) is 1. The van der Waals surface area contributed by atoms with Crippen LogP contribution in [-0.2, 0) is 4.79 Å². The second-order valence-corrected chi connectivity index (χ2v) is 7.11. The SMILES string of the molecule is CC(C)CC(CN(C)C)NC(=O)C1(CN)CCCCC1. The van der Waals surface area contributed by atoms with Gasteiger partial charge >= 0.3 is 0 Å². The number of amides is 1. The van der Waals surface area contributed by atoms with Gasteiger partial charge in [0.15, 0.2) is 0 Å². The molecule has 1 unspecified atom stereocenters. The summed E-state index contributed by atoms with van der Waals surface area (Å²) in [5, 5.41) is 3.28. The molecule has 1 atom stereocenters. The fourth-order valence-corrected chi connectivity index (χ4v) is 3.28. The fraction of sp³-hybridized carbons (Fsp3) is 0.938. The number of carbonyl (C=O) groups is 1. The molecule has 0 radical (unpaired) electrons. The van der Waals surface area contributed by atoms with Crippen LogP contribution < -0.4 is 11.1 Å². The van der Waals surface area contributed by atoms with Crippen molar-refractivity contribution in [3.8, 4) is 0 Å². The average molecular weight is 283 g/mol. The first-order valence-electron chi connectivity index (χ1n) is 8.05. The average Bonchev–Trinajstić information content (AvgIpc) is 2.37. The van der Waals surface area contributed by atoms with Gasteiger partial charge in [0.05, 0.1) is 5.41 Å². The predicted molar refractivity (Wildman–Crippen MR) is 84.5 cm³/mol. The maximum Gasteiger partial charge on any atom is 0.227 e. The smallest absolute Gasteiger partial charge is 0.227 e. The van der Waals surface area contributed by atoms with Crippen molar-refractivity contribution >= 4 is 5.91 Å². The summed E-state index contributed by atoms with van der Waals surface area (Å²) in [5.74, 6) is 0.771. The summed E-state index contributed by atoms with van der Waals surface area (Å²) in [4.78, 5) is 14.9. The maximum absolute atomic E-state index is 12.7. The monoisotopic (exact) mass is 283 g/mol. The Morgan fingerprint density at radius 1 is 1.25 bits per heavy atom. The Hall–Kier alpha value is -0.610. The van der Waals surface area contributed by atoms with Crippen molar-refractivity contribution in [2.75, 3.05) is 27.2 Å². The van der Waals surface area contributed by atoms with Crippen LogP contribution in [0.1, 0.15) is 52.4 Å². The highest BCUT2D eigenvalue weighted by Crippen LogP contribution is 2.35. The Morgan fingerprint density at radius 3 is 2.30 bits per heavy atom. The first-order valence-corrected chi connectivity index (χ1v) is 8.05. The van der Waals surface area contributed by atoms with Crippen LogP contribution in [0.25, 0.3) is 0 Å². The van der Waals surface area contributed by atoms with Crippen LogP contribution in [0.2, 0.25) is 0 Å². The highest BCUT2D eigenvalue weighted by atomic mass is 16.2. The second kappa shape index (κ2) is 7.99. The van der Waals surface area contributed by atoms with E-state index in [4.69, 9.17) is 5.73 Å². The van der Waals surface area contributed by atoms with Gasteiger partial charge in [0.25, 0.3) is 0 Å². The van der Waals surface area contributed by atoms with Gasteiger partial charge in [-0.05, 0) is 39.3 Å². The lowest BCUT2D eigenvalue weighted by Gasteiger charge is -2.36. The Kier molecular flexibility index (Phi) is 6.96. The molecule has 0 aliphatic heterocycles. The van der Waals surface area contributed by atoms with Crippen molar-refractivity contribution in [1.82, 2.24) is 10.2 Å². The van der Waals surface area contributed by atoms with Gasteiger partial charge in [-0.3, -0.25) is 4.79 Å². The number of nitrogens with zero attached hydrogens (tertiary/aromatic N) is 1. The zero-order valence-corrected chi connectivity index (χ0v) is 13.7. The fourth-order valence-electron chi connectivity index (χ4n) is 3.28. The van der Waals surface area contributed by atoms with Crippen molar-refractivity contribution in [2.24, 2.45) is 17.1 Å². The number of rotatable bonds is 7. The lowest BCUT2D eigenvalue weighted by Crippen LogP contribution is -2.52. The van der Waals surface area contributed by atoms with E-state index < -0.39 is 0 Å². The molecule has 1 aliphatic rings. The summed E-state index contributed by atoms with van der Waals surface area (Å²) in [7, 11) is 4.11. The minimum Gasteiger partial charge on any atom is -0.352 e. The topological polar surface area (TPSA) is 58.4 Å². The van der Waals surface area contributed by atoms with Gasteiger partial charge in [-0.15, -0.1) is 0 Å². The third kappa shape index (κ3) is 5.06. The summed E-state index contributed by atoms with van der Waals surface area (Å²) < 4.78 is 0. The number of nitrogens with two attached hydrogens (primary N) is 1. The van der Waals surface area contributed by atoms with Gasteiger partial charge in [-0.25, -0.2) is 0 Å². The minimum absolute atomic E-state index is 0.187. The van der Waals surface area contributed by atoms with Gasteiger partial charge in [0.1, 0.15) is 0 Å². The molecule has 1 aliphatic carbocycles. The molecule has 4 heteroatoms. The number of hydrogen-bond donors (Lipinski definition) is 2. The van der Waals surface area contributed by atoms with Crippen LogP contribution in [0.4, 0.5) is 0 Å². The molecule has 0 heterocycles. The van der Waals surface area contributed by atoms with E-state index in [9.17, 15) is 4.79 Å². The Morgan fingerprint density at radius 2 is 1.85 bits per heavy atom. The third-order valence-corrected chi connectivity index (χ3v) is 4.36. The van der Waals surface area contributed by atoms with Gasteiger partial charge in [0, 0.05) is 19.1 Å². The molecule has 1 rings (SSSR count). The van der Waals surface area contributed by atoms with Gasteiger partial charge in [-0.1, -0.05) is 33.1 Å². The zero-order valence-electron chi connectivity index (χ0n) is 13.7. The van der Waals surface area contributed by atoms with E-state index in [-0.39, 0.29) is 17.4 Å². The molecule has 0 aromatic heterocycles. The van der Waals surface area contributed by atoms with Crippen LogP contribution >= 0.6 is 0 Å². The first kappa shape index (κ1) is 17.4. The number of hydrogen-bond acceptors (Lipinski definition) is 3. The molecule has 0 spiro atoms. The van der Waals surface area contributed by atoms with Crippen LogP contribution in [0.3, 0.4) is 0 Å². The molecule has 1 fully saturated rings. The Balaban J connectivity index is 2.67. The van der Waals surface area contributed by atoms with Crippen LogP contribution in [0.15, 0.2) is 0 Å². The molecule has 1 amide bonds. The van der Waals surface area contributed by atoms with Crippen molar-refractivity contribution in [3.63, 3.8) is 0 Å². The molecule has 118 valence electrons. The van der Waals surface area contributed by atoms with E-state index in [1.165, 1.54) is 6.42 Å². The Labute approximate surface area is 124 Å². The summed E-state index contributed by atoms with van der Waals surface area (Å²) >= 11 is 0. The normalized spacial score (nSPS) is 20.1. The molecule has 0 bridgehead atoms. The highest BCUT2D eigenvalue weighted by molar-refractivity contribution is 5.83. The minimum atomic E-state index is -0.306. The summed E-state index contributed by atoms with van der Waals surface area (Å²) in [6, 6.07) is 0.225.